The quantitative estimate of drug-likeness (QED) is 0.396. The molecule has 3 atom stereocenters. The van der Waals surface area contributed by atoms with Crippen LogP contribution in [0.4, 0.5) is 10.5 Å². The average molecular weight is 591 g/mol. The van der Waals surface area contributed by atoms with Crippen LogP contribution in [0.3, 0.4) is 0 Å². The molecule has 3 aliphatic heterocycles. The Morgan fingerprint density at radius 3 is 2.75 bits per heavy atom. The maximum absolute atomic E-state index is 13.9. The van der Waals surface area contributed by atoms with E-state index >= 15 is 0 Å². The highest BCUT2D eigenvalue weighted by atomic mass is 16.2. The van der Waals surface area contributed by atoms with Gasteiger partial charge in [-0.1, -0.05) is 35.9 Å². The lowest BCUT2D eigenvalue weighted by Gasteiger charge is -2.40. The molecule has 7 rings (SSSR count). The van der Waals surface area contributed by atoms with Crippen molar-refractivity contribution in [3.05, 3.63) is 101 Å². The number of allylic oxidation sites excluding steroid dienone is 2. The molecule has 1 saturated heterocycles. The van der Waals surface area contributed by atoms with Crippen LogP contribution in [0.5, 0.6) is 0 Å². The van der Waals surface area contributed by atoms with Gasteiger partial charge in [0.05, 0.1) is 6.04 Å². The highest BCUT2D eigenvalue weighted by Gasteiger charge is 2.34. The number of hydrazone groups is 1. The summed E-state index contributed by atoms with van der Waals surface area (Å²) in [5.74, 6) is 1.20. The fourth-order valence-electron chi connectivity index (χ4n) is 7.05. The molecule has 2 aromatic heterocycles. The predicted octanol–water partition coefficient (Wildman–Crippen LogP) is 4.69. The summed E-state index contributed by atoms with van der Waals surface area (Å²) in [4.78, 5) is 39.7. The number of carbonyl (C=O) groups is 2. The number of fused-ring (bicyclic) bond motifs is 2. The van der Waals surface area contributed by atoms with Crippen molar-refractivity contribution in [2.24, 2.45) is 11.0 Å². The van der Waals surface area contributed by atoms with Crippen molar-refractivity contribution in [1.29, 1.82) is 0 Å². The molecule has 0 radical (unpaired) electrons. The Morgan fingerprint density at radius 2 is 1.91 bits per heavy atom. The summed E-state index contributed by atoms with van der Waals surface area (Å²) in [6.07, 6.45) is 16.6. The van der Waals surface area contributed by atoms with E-state index in [-0.39, 0.29) is 35.9 Å². The van der Waals surface area contributed by atoms with Crippen LogP contribution in [-0.2, 0) is 17.9 Å². The first-order chi connectivity index (χ1) is 21.5. The number of amides is 3. The van der Waals surface area contributed by atoms with E-state index < -0.39 is 0 Å². The second kappa shape index (κ2) is 12.1. The number of anilines is 1. The maximum atomic E-state index is 13.9. The smallest absolute Gasteiger partial charge is 0.322 e. The lowest BCUT2D eigenvalue weighted by molar-refractivity contribution is -0.133. The molecule has 10 nitrogen and oxygen atoms in total. The lowest BCUT2D eigenvalue weighted by Crippen LogP contribution is -2.51. The number of para-hydroxylation sites is 1. The van der Waals surface area contributed by atoms with Gasteiger partial charge in [0.15, 0.2) is 0 Å². The number of hydrogen-bond acceptors (Lipinski definition) is 6. The molecule has 4 aliphatic rings. The summed E-state index contributed by atoms with van der Waals surface area (Å²) in [5, 5.41) is 7.33. The zero-order valence-electron chi connectivity index (χ0n) is 25.0. The second-order valence-electron chi connectivity index (χ2n) is 12.3. The van der Waals surface area contributed by atoms with Crippen molar-refractivity contribution in [3.63, 3.8) is 0 Å². The number of rotatable bonds is 8. The summed E-state index contributed by atoms with van der Waals surface area (Å²) in [5.41, 5.74) is 8.82. The number of carbonyl (C=O) groups excluding carboxylic acids is 2. The van der Waals surface area contributed by atoms with E-state index in [1.54, 1.807) is 12.4 Å². The number of piperidine rings is 1. The van der Waals surface area contributed by atoms with Crippen LogP contribution in [0, 0.1) is 5.92 Å². The molecule has 0 bridgehead atoms. The first-order valence-electron chi connectivity index (χ1n) is 15.5. The molecule has 0 spiro atoms. The molecule has 1 aliphatic carbocycles. The molecule has 226 valence electrons. The Bertz CT molecular complexity index is 1620. The number of pyridine rings is 1. The van der Waals surface area contributed by atoms with Crippen molar-refractivity contribution < 1.29 is 9.59 Å². The molecular formula is C34H38N8O2. The zero-order valence-corrected chi connectivity index (χ0v) is 25.0. The molecule has 1 aromatic carbocycles. The van der Waals surface area contributed by atoms with E-state index in [0.29, 0.717) is 32.6 Å². The number of urea groups is 1. The first-order valence-corrected chi connectivity index (χ1v) is 15.5. The number of hydrogen-bond donors (Lipinski definition) is 2. The van der Waals surface area contributed by atoms with Crippen molar-refractivity contribution in [2.45, 2.75) is 63.7 Å². The van der Waals surface area contributed by atoms with Crippen LogP contribution in [0.25, 0.3) is 0 Å². The van der Waals surface area contributed by atoms with E-state index in [2.05, 4.69) is 50.5 Å². The molecule has 5 heterocycles. The summed E-state index contributed by atoms with van der Waals surface area (Å²) < 4.78 is 2.16. The highest BCUT2D eigenvalue weighted by Crippen LogP contribution is 2.34. The Morgan fingerprint density at radius 1 is 1.09 bits per heavy atom. The van der Waals surface area contributed by atoms with Crippen molar-refractivity contribution in [2.75, 3.05) is 18.4 Å². The molecule has 44 heavy (non-hydrogen) atoms. The van der Waals surface area contributed by atoms with Crippen LogP contribution >= 0.6 is 0 Å². The van der Waals surface area contributed by atoms with E-state index in [4.69, 9.17) is 4.98 Å². The number of imidazole rings is 1. The van der Waals surface area contributed by atoms with Crippen LogP contribution < -0.4 is 10.7 Å². The largest absolute Gasteiger partial charge is 0.343 e. The number of benzene rings is 1. The summed E-state index contributed by atoms with van der Waals surface area (Å²) in [6.45, 7) is 4.70. The van der Waals surface area contributed by atoms with Gasteiger partial charge in [0, 0.05) is 87.2 Å². The fraction of sp³-hybridized carbons (Fsp3) is 0.382. The summed E-state index contributed by atoms with van der Waals surface area (Å²) >= 11 is 0. The van der Waals surface area contributed by atoms with Gasteiger partial charge in [-0.25, -0.2) is 9.78 Å². The van der Waals surface area contributed by atoms with E-state index in [0.717, 1.165) is 41.9 Å². The Labute approximate surface area is 257 Å². The molecule has 2 N–H and O–H groups in total. The van der Waals surface area contributed by atoms with Crippen LogP contribution in [-0.4, -0.2) is 67.7 Å². The van der Waals surface area contributed by atoms with Gasteiger partial charge >= 0.3 is 6.03 Å². The van der Waals surface area contributed by atoms with Gasteiger partial charge in [-0.15, -0.1) is 0 Å². The van der Waals surface area contributed by atoms with E-state index in [1.807, 2.05) is 58.7 Å². The van der Waals surface area contributed by atoms with Gasteiger partial charge in [-0.05, 0) is 61.1 Å². The molecular weight excluding hydrogens is 552 g/mol. The minimum atomic E-state index is -0.0837. The SMILES string of the molecule is CC1=CC(CC(CC(=O)N2CCC(N3Cc4ccccc4NC3=O)CC2)c2nccn2Cc2ccncc2)=CC2C=NNC12. The van der Waals surface area contributed by atoms with Gasteiger partial charge < -0.3 is 25.1 Å². The van der Waals surface area contributed by atoms with Crippen LogP contribution in [0.2, 0.25) is 0 Å². The first kappa shape index (κ1) is 28.1. The van der Waals surface area contributed by atoms with Gasteiger partial charge in [-0.2, -0.15) is 5.10 Å². The van der Waals surface area contributed by atoms with Crippen LogP contribution in [0.1, 0.15) is 55.5 Å². The number of aromatic nitrogens is 3. The van der Waals surface area contributed by atoms with E-state index in [1.165, 1.54) is 11.1 Å². The molecule has 0 saturated carbocycles. The molecule has 3 aromatic rings. The molecule has 10 heteroatoms. The molecule has 3 unspecified atom stereocenters. The standard InChI is InChI=1S/C34H38N8O2/c1-23-16-25(18-28-20-37-39-32(23)28)17-27(33-36-12-15-41(33)21-24-6-10-35-11-7-24)19-31(43)40-13-8-29(9-14-40)42-22-26-4-2-3-5-30(26)38-34(42)44/h2-7,10-12,15-16,18,20,27-29,32,39H,8-9,13-14,17,19,21-22H2,1H3,(H,38,44). The van der Waals surface area contributed by atoms with Gasteiger partial charge in [0.2, 0.25) is 5.91 Å². The van der Waals surface area contributed by atoms with Gasteiger partial charge in [0.1, 0.15) is 5.82 Å². The summed E-state index contributed by atoms with van der Waals surface area (Å²) in [6, 6.07) is 12.2. The van der Waals surface area contributed by atoms with Crippen LogP contribution in [0.15, 0.2) is 89.6 Å². The van der Waals surface area contributed by atoms with Gasteiger partial charge in [-0.3, -0.25) is 9.78 Å². The van der Waals surface area contributed by atoms with Crippen molar-refractivity contribution in [1.82, 2.24) is 29.8 Å². The monoisotopic (exact) mass is 590 g/mol. The second-order valence-corrected chi connectivity index (χ2v) is 12.3. The Kier molecular flexibility index (Phi) is 7.72. The topological polar surface area (TPSA) is 108 Å². The zero-order chi connectivity index (χ0) is 30.0. The van der Waals surface area contributed by atoms with Gasteiger partial charge in [0.25, 0.3) is 0 Å². The Balaban J connectivity index is 1.06. The number of nitrogens with one attached hydrogen (secondary N) is 2. The van der Waals surface area contributed by atoms with Crippen molar-refractivity contribution in [3.8, 4) is 0 Å². The minimum Gasteiger partial charge on any atom is -0.343 e. The number of likely N-dealkylation sites (tertiary alicyclic amines) is 1. The van der Waals surface area contributed by atoms with E-state index in [9.17, 15) is 9.59 Å². The normalized spacial score (nSPS) is 22.0. The maximum Gasteiger partial charge on any atom is 0.322 e. The number of nitrogens with zero attached hydrogens (tertiary/aromatic N) is 6. The Hall–Kier alpha value is -4.73. The minimum absolute atomic E-state index is 0.0524. The van der Waals surface area contributed by atoms with Crippen molar-refractivity contribution >= 4 is 23.8 Å². The highest BCUT2D eigenvalue weighted by molar-refractivity contribution is 5.92. The fourth-order valence-corrected chi connectivity index (χ4v) is 7.05. The average Bonchev–Trinajstić information content (AvgIpc) is 3.71. The summed E-state index contributed by atoms with van der Waals surface area (Å²) in [7, 11) is 0. The third-order valence-electron chi connectivity index (χ3n) is 9.39. The predicted molar refractivity (Wildman–Crippen MR) is 169 cm³/mol. The molecule has 3 amide bonds. The molecule has 1 fully saturated rings. The lowest BCUT2D eigenvalue weighted by atomic mass is 9.83. The third kappa shape index (κ3) is 5.76. The third-order valence-corrected chi connectivity index (χ3v) is 9.39.